The van der Waals surface area contributed by atoms with Gasteiger partial charge in [0.05, 0.1) is 15.1 Å². The Morgan fingerprint density at radius 2 is 2.16 bits per heavy atom. The summed E-state index contributed by atoms with van der Waals surface area (Å²) in [5, 5.41) is 0. The van der Waals surface area contributed by atoms with Crippen molar-refractivity contribution < 1.29 is 4.79 Å². The topological polar surface area (TPSA) is 36.4 Å². The number of thiophene rings is 1. The molecule has 0 unspecified atom stereocenters. The van der Waals surface area contributed by atoms with Crippen LogP contribution in [0.2, 0.25) is 0 Å². The van der Waals surface area contributed by atoms with Crippen molar-refractivity contribution in [2.24, 2.45) is 0 Å². The molecule has 0 spiro atoms. The second-order valence-corrected chi connectivity index (χ2v) is 5.81. The summed E-state index contributed by atoms with van der Waals surface area (Å²) in [4.78, 5) is 21.9. The van der Waals surface area contributed by atoms with E-state index in [0.717, 1.165) is 47.8 Å². The fourth-order valence-electron chi connectivity index (χ4n) is 2.40. The Morgan fingerprint density at radius 1 is 1.37 bits per heavy atom. The van der Waals surface area contributed by atoms with Crippen molar-refractivity contribution in [3.8, 4) is 0 Å². The maximum absolute atomic E-state index is 12.5. The Labute approximate surface area is 116 Å². The van der Waals surface area contributed by atoms with E-state index in [-0.39, 0.29) is 5.91 Å². The minimum Gasteiger partial charge on any atom is -0.335 e. The highest BCUT2D eigenvalue weighted by Crippen LogP contribution is 2.25. The van der Waals surface area contributed by atoms with Gasteiger partial charge in [-0.3, -0.25) is 9.78 Å². The zero-order valence-corrected chi connectivity index (χ0v) is 11.8. The number of hydrogen-bond acceptors (Lipinski definition) is 4. The van der Waals surface area contributed by atoms with Crippen molar-refractivity contribution in [3.63, 3.8) is 0 Å². The van der Waals surface area contributed by atoms with Crippen LogP contribution in [0.4, 0.5) is 0 Å². The van der Waals surface area contributed by atoms with Gasteiger partial charge in [0.1, 0.15) is 0 Å². The molecule has 0 aromatic carbocycles. The summed E-state index contributed by atoms with van der Waals surface area (Å²) >= 11 is 1.54. The van der Waals surface area contributed by atoms with Crippen molar-refractivity contribution in [2.75, 3.05) is 32.7 Å². The molecule has 0 radical (unpaired) electrons. The summed E-state index contributed by atoms with van der Waals surface area (Å²) in [6.45, 7) is 6.84. The van der Waals surface area contributed by atoms with Crippen LogP contribution in [0.15, 0.2) is 24.4 Å². The highest BCUT2D eigenvalue weighted by atomic mass is 32.1. The summed E-state index contributed by atoms with van der Waals surface area (Å²) in [5.41, 5.74) is 0.919. The number of piperazine rings is 1. The Kier molecular flexibility index (Phi) is 3.48. The van der Waals surface area contributed by atoms with Gasteiger partial charge in [0.2, 0.25) is 0 Å². The van der Waals surface area contributed by atoms with Gasteiger partial charge in [-0.2, -0.15) is 0 Å². The van der Waals surface area contributed by atoms with Crippen LogP contribution in [0.1, 0.15) is 16.6 Å². The molecule has 2 aromatic heterocycles. The third-order valence-corrected chi connectivity index (χ3v) is 4.68. The first-order chi connectivity index (χ1) is 9.28. The Balaban J connectivity index is 1.77. The van der Waals surface area contributed by atoms with Gasteiger partial charge in [-0.25, -0.2) is 0 Å². The molecule has 5 heteroatoms. The first-order valence-corrected chi connectivity index (χ1v) is 7.46. The third kappa shape index (κ3) is 2.48. The average Bonchev–Trinajstić information content (AvgIpc) is 2.90. The smallest absolute Gasteiger partial charge is 0.264 e. The number of carbonyl (C=O) groups is 1. The molecule has 0 N–H and O–H groups in total. The van der Waals surface area contributed by atoms with E-state index in [1.165, 1.54) is 11.3 Å². The van der Waals surface area contributed by atoms with Crippen LogP contribution in [0, 0.1) is 0 Å². The molecular formula is C14H17N3OS. The van der Waals surface area contributed by atoms with E-state index in [9.17, 15) is 4.79 Å². The number of amides is 1. The average molecular weight is 275 g/mol. The van der Waals surface area contributed by atoms with E-state index in [0.29, 0.717) is 0 Å². The van der Waals surface area contributed by atoms with Crippen molar-refractivity contribution in [3.05, 3.63) is 29.3 Å². The van der Waals surface area contributed by atoms with E-state index in [1.807, 2.05) is 23.1 Å². The number of aromatic nitrogens is 1. The summed E-state index contributed by atoms with van der Waals surface area (Å²) in [6, 6.07) is 5.83. The molecule has 3 heterocycles. The quantitative estimate of drug-likeness (QED) is 0.842. The van der Waals surface area contributed by atoms with Gasteiger partial charge < -0.3 is 9.80 Å². The molecule has 1 fully saturated rings. The van der Waals surface area contributed by atoms with E-state index in [4.69, 9.17) is 0 Å². The van der Waals surface area contributed by atoms with E-state index >= 15 is 0 Å². The summed E-state index contributed by atoms with van der Waals surface area (Å²) in [5.74, 6) is 0.152. The highest BCUT2D eigenvalue weighted by molar-refractivity contribution is 7.20. The number of fused-ring (bicyclic) bond motifs is 1. The first kappa shape index (κ1) is 12.6. The molecule has 0 saturated carbocycles. The van der Waals surface area contributed by atoms with Crippen LogP contribution < -0.4 is 0 Å². The number of pyridine rings is 1. The summed E-state index contributed by atoms with van der Waals surface area (Å²) < 4.78 is 1.08. The molecule has 0 aliphatic carbocycles. The molecule has 1 amide bonds. The number of nitrogens with zero attached hydrogens (tertiary/aromatic N) is 3. The lowest BCUT2D eigenvalue weighted by Crippen LogP contribution is -2.48. The molecule has 0 bridgehead atoms. The summed E-state index contributed by atoms with van der Waals surface area (Å²) in [7, 11) is 0. The van der Waals surface area contributed by atoms with Gasteiger partial charge >= 0.3 is 0 Å². The number of hydrogen-bond donors (Lipinski definition) is 0. The zero-order chi connectivity index (χ0) is 13.2. The second-order valence-electron chi connectivity index (χ2n) is 4.72. The Bertz CT molecular complexity index is 554. The van der Waals surface area contributed by atoms with Gasteiger partial charge in [-0.15, -0.1) is 11.3 Å². The van der Waals surface area contributed by atoms with Crippen molar-refractivity contribution >= 4 is 27.5 Å². The normalized spacial score (nSPS) is 17.0. The van der Waals surface area contributed by atoms with Crippen LogP contribution >= 0.6 is 11.3 Å². The molecule has 1 aliphatic heterocycles. The SMILES string of the molecule is CCN1CCN(C(=O)c2cc3ncccc3s2)CC1. The minimum absolute atomic E-state index is 0.152. The Hall–Kier alpha value is -1.46. The van der Waals surface area contributed by atoms with E-state index in [1.54, 1.807) is 6.20 Å². The van der Waals surface area contributed by atoms with E-state index in [2.05, 4.69) is 16.8 Å². The van der Waals surface area contributed by atoms with E-state index < -0.39 is 0 Å². The van der Waals surface area contributed by atoms with Crippen molar-refractivity contribution in [1.29, 1.82) is 0 Å². The third-order valence-electron chi connectivity index (χ3n) is 3.60. The van der Waals surface area contributed by atoms with Crippen molar-refractivity contribution in [2.45, 2.75) is 6.92 Å². The fourth-order valence-corrected chi connectivity index (χ4v) is 3.38. The van der Waals surface area contributed by atoms with Crippen LogP contribution in [-0.2, 0) is 0 Å². The van der Waals surface area contributed by atoms with Crippen LogP contribution in [-0.4, -0.2) is 53.4 Å². The molecule has 19 heavy (non-hydrogen) atoms. The molecule has 3 rings (SSSR count). The van der Waals surface area contributed by atoms with Crippen LogP contribution in [0.25, 0.3) is 10.2 Å². The first-order valence-electron chi connectivity index (χ1n) is 6.64. The second kappa shape index (κ2) is 5.27. The highest BCUT2D eigenvalue weighted by Gasteiger charge is 2.22. The monoisotopic (exact) mass is 275 g/mol. The zero-order valence-electron chi connectivity index (χ0n) is 11.0. The Morgan fingerprint density at radius 3 is 2.84 bits per heavy atom. The van der Waals surface area contributed by atoms with Gasteiger partial charge in [-0.05, 0) is 24.7 Å². The number of carbonyl (C=O) groups excluding carboxylic acids is 1. The van der Waals surface area contributed by atoms with Gasteiger partial charge in [-0.1, -0.05) is 6.92 Å². The maximum atomic E-state index is 12.5. The number of likely N-dealkylation sites (N-methyl/N-ethyl adjacent to an activating group) is 1. The molecule has 4 nitrogen and oxygen atoms in total. The molecule has 2 aromatic rings. The van der Waals surface area contributed by atoms with Crippen LogP contribution in [0.5, 0.6) is 0 Å². The predicted molar refractivity (Wildman–Crippen MR) is 77.6 cm³/mol. The summed E-state index contributed by atoms with van der Waals surface area (Å²) in [6.07, 6.45) is 1.77. The lowest BCUT2D eigenvalue weighted by Gasteiger charge is -2.33. The van der Waals surface area contributed by atoms with Gasteiger partial charge in [0, 0.05) is 32.4 Å². The standard InChI is InChI=1S/C14H17N3OS/c1-2-16-6-8-17(9-7-16)14(18)13-10-11-12(19-13)4-3-5-15-11/h3-5,10H,2,6-9H2,1H3. The van der Waals surface area contributed by atoms with Crippen molar-refractivity contribution in [1.82, 2.24) is 14.8 Å². The molecule has 100 valence electrons. The molecule has 1 saturated heterocycles. The van der Waals surface area contributed by atoms with Gasteiger partial charge in [0.15, 0.2) is 0 Å². The largest absolute Gasteiger partial charge is 0.335 e. The molecule has 1 aliphatic rings. The lowest BCUT2D eigenvalue weighted by atomic mass is 10.3. The molecule has 0 atom stereocenters. The number of rotatable bonds is 2. The minimum atomic E-state index is 0.152. The predicted octanol–water partition coefficient (Wildman–Crippen LogP) is 2.07. The lowest BCUT2D eigenvalue weighted by molar-refractivity contribution is 0.0648. The van der Waals surface area contributed by atoms with Crippen LogP contribution in [0.3, 0.4) is 0 Å². The molecular weight excluding hydrogens is 258 g/mol. The maximum Gasteiger partial charge on any atom is 0.264 e. The van der Waals surface area contributed by atoms with Gasteiger partial charge in [0.25, 0.3) is 5.91 Å². The fraction of sp³-hybridized carbons (Fsp3) is 0.429.